The van der Waals surface area contributed by atoms with Crippen molar-refractivity contribution in [3.63, 3.8) is 0 Å². The van der Waals surface area contributed by atoms with E-state index in [0.29, 0.717) is 34.0 Å². The van der Waals surface area contributed by atoms with Gasteiger partial charge in [0.2, 0.25) is 0 Å². The average molecular weight is 408 g/mol. The summed E-state index contributed by atoms with van der Waals surface area (Å²) in [5.74, 6) is 0.501. The summed E-state index contributed by atoms with van der Waals surface area (Å²) < 4.78 is 14.6. The molecule has 2 aromatic heterocycles. The number of benzene rings is 1. The topological polar surface area (TPSA) is 75.9 Å². The molecule has 0 fully saturated rings. The van der Waals surface area contributed by atoms with Gasteiger partial charge >= 0.3 is 0 Å². The maximum atomic E-state index is 13.9. The number of hydrogen-bond acceptors (Lipinski definition) is 6. The van der Waals surface area contributed by atoms with Crippen LogP contribution >= 0.6 is 27.3 Å². The number of nitrogens with one attached hydrogen (secondary N) is 2. The Balaban J connectivity index is 1.70. The third kappa shape index (κ3) is 4.01. The van der Waals surface area contributed by atoms with Crippen molar-refractivity contribution in [2.24, 2.45) is 0 Å². The lowest BCUT2D eigenvalue weighted by Crippen LogP contribution is -2.10. The first kappa shape index (κ1) is 16.7. The van der Waals surface area contributed by atoms with E-state index < -0.39 is 5.82 Å². The number of nitrogens with zero attached hydrogens (tertiary/aromatic N) is 2. The quantitative estimate of drug-likeness (QED) is 0.563. The molecule has 5 nitrogen and oxygen atoms in total. The molecule has 0 atom stereocenters. The van der Waals surface area contributed by atoms with E-state index >= 15 is 0 Å². The number of nitrogens with two attached hydrogens (primary N) is 1. The fourth-order valence-electron chi connectivity index (χ4n) is 2.11. The van der Waals surface area contributed by atoms with Crippen LogP contribution in [-0.2, 0) is 6.42 Å². The number of thiophene rings is 1. The van der Waals surface area contributed by atoms with Gasteiger partial charge in [0.15, 0.2) is 11.6 Å². The van der Waals surface area contributed by atoms with Crippen LogP contribution in [0.4, 0.5) is 27.4 Å². The molecule has 124 valence electrons. The van der Waals surface area contributed by atoms with Gasteiger partial charge in [-0.25, -0.2) is 14.4 Å². The number of nitrogen functional groups attached to an aromatic ring is 1. The first-order valence-electron chi connectivity index (χ1n) is 7.22. The lowest BCUT2D eigenvalue weighted by molar-refractivity contribution is 0.631. The predicted octanol–water partition coefficient (Wildman–Crippen LogP) is 4.42. The van der Waals surface area contributed by atoms with Gasteiger partial charge in [0.1, 0.15) is 17.8 Å². The molecule has 0 bridgehead atoms. The molecule has 0 radical (unpaired) electrons. The second kappa shape index (κ2) is 7.59. The first-order valence-corrected chi connectivity index (χ1v) is 8.89. The molecule has 0 amide bonds. The average Bonchev–Trinajstić information content (AvgIpc) is 3.06. The SMILES string of the molecule is Nc1c(NCCc2cccs2)ncnc1Nc1ccc(Br)cc1F. The molecular weight excluding hydrogens is 393 g/mol. The number of rotatable bonds is 6. The van der Waals surface area contributed by atoms with Crippen LogP contribution in [0.5, 0.6) is 0 Å². The Kier molecular flexibility index (Phi) is 5.27. The number of hydrogen-bond donors (Lipinski definition) is 3. The van der Waals surface area contributed by atoms with Crippen LogP contribution in [0.1, 0.15) is 4.88 Å². The summed E-state index contributed by atoms with van der Waals surface area (Å²) in [4.78, 5) is 9.53. The van der Waals surface area contributed by atoms with Gasteiger partial charge in [0.05, 0.1) is 5.69 Å². The van der Waals surface area contributed by atoms with E-state index in [-0.39, 0.29) is 0 Å². The summed E-state index contributed by atoms with van der Waals surface area (Å²) in [7, 11) is 0. The number of aromatic nitrogens is 2. The monoisotopic (exact) mass is 407 g/mol. The van der Waals surface area contributed by atoms with E-state index in [2.05, 4.69) is 42.6 Å². The molecule has 0 spiro atoms. The minimum Gasteiger partial charge on any atom is -0.393 e. The van der Waals surface area contributed by atoms with E-state index in [9.17, 15) is 4.39 Å². The maximum absolute atomic E-state index is 13.9. The zero-order valence-electron chi connectivity index (χ0n) is 12.6. The van der Waals surface area contributed by atoms with Crippen molar-refractivity contribution in [1.29, 1.82) is 0 Å². The zero-order valence-corrected chi connectivity index (χ0v) is 15.0. The van der Waals surface area contributed by atoms with Crippen LogP contribution in [0.15, 0.2) is 46.5 Å². The summed E-state index contributed by atoms with van der Waals surface area (Å²) in [5.41, 5.74) is 6.74. The molecule has 0 saturated carbocycles. The summed E-state index contributed by atoms with van der Waals surface area (Å²) >= 11 is 4.93. The van der Waals surface area contributed by atoms with Crippen molar-refractivity contribution in [3.05, 3.63) is 57.2 Å². The Labute approximate surface area is 151 Å². The van der Waals surface area contributed by atoms with Crippen LogP contribution in [0.3, 0.4) is 0 Å². The second-order valence-corrected chi connectivity index (χ2v) is 6.94. The third-order valence-corrected chi connectivity index (χ3v) is 4.74. The minimum absolute atomic E-state index is 0.299. The fraction of sp³-hybridized carbons (Fsp3) is 0.125. The number of halogens is 2. The molecular formula is C16H15BrFN5S. The van der Waals surface area contributed by atoms with Gasteiger partial charge in [-0.05, 0) is 36.1 Å². The lowest BCUT2D eigenvalue weighted by Gasteiger charge is -2.13. The summed E-state index contributed by atoms with van der Waals surface area (Å²) in [6, 6.07) is 8.83. The van der Waals surface area contributed by atoms with Crippen LogP contribution < -0.4 is 16.4 Å². The van der Waals surface area contributed by atoms with Gasteiger partial charge in [-0.2, -0.15) is 0 Å². The fourth-order valence-corrected chi connectivity index (χ4v) is 3.16. The highest BCUT2D eigenvalue weighted by atomic mass is 79.9. The Morgan fingerprint density at radius 1 is 1.21 bits per heavy atom. The zero-order chi connectivity index (χ0) is 16.9. The summed E-state index contributed by atoms with van der Waals surface area (Å²) in [6.45, 7) is 0.702. The van der Waals surface area contributed by atoms with Crippen LogP contribution in [0.25, 0.3) is 0 Å². The normalized spacial score (nSPS) is 10.6. The molecule has 2 heterocycles. The lowest BCUT2D eigenvalue weighted by atomic mass is 10.3. The molecule has 24 heavy (non-hydrogen) atoms. The van der Waals surface area contributed by atoms with Crippen molar-refractivity contribution in [1.82, 2.24) is 9.97 Å². The summed E-state index contributed by atoms with van der Waals surface area (Å²) in [6.07, 6.45) is 2.27. The molecule has 0 saturated heterocycles. The molecule has 0 aliphatic heterocycles. The summed E-state index contributed by atoms with van der Waals surface area (Å²) in [5, 5.41) is 8.14. The molecule has 0 unspecified atom stereocenters. The van der Waals surface area contributed by atoms with Crippen molar-refractivity contribution in [2.75, 3.05) is 22.9 Å². The van der Waals surface area contributed by atoms with E-state index in [0.717, 1.165) is 6.42 Å². The highest BCUT2D eigenvalue weighted by Crippen LogP contribution is 2.28. The van der Waals surface area contributed by atoms with Crippen LogP contribution in [0, 0.1) is 5.82 Å². The van der Waals surface area contributed by atoms with E-state index in [1.54, 1.807) is 23.5 Å². The third-order valence-electron chi connectivity index (χ3n) is 3.31. The van der Waals surface area contributed by atoms with Gasteiger partial charge in [-0.15, -0.1) is 11.3 Å². The van der Waals surface area contributed by atoms with Gasteiger partial charge in [0, 0.05) is 15.9 Å². The smallest absolute Gasteiger partial charge is 0.159 e. The second-order valence-electron chi connectivity index (χ2n) is 4.99. The maximum Gasteiger partial charge on any atom is 0.159 e. The first-order chi connectivity index (χ1) is 11.6. The van der Waals surface area contributed by atoms with E-state index in [1.807, 2.05) is 11.4 Å². The highest BCUT2D eigenvalue weighted by Gasteiger charge is 2.10. The van der Waals surface area contributed by atoms with E-state index in [4.69, 9.17) is 5.73 Å². The number of anilines is 4. The molecule has 0 aliphatic rings. The Bertz CT molecular complexity index is 825. The van der Waals surface area contributed by atoms with Crippen LogP contribution in [-0.4, -0.2) is 16.5 Å². The standard InChI is InChI=1S/C16H15BrFN5S/c17-10-3-4-13(12(18)8-10)23-16-14(19)15(21-9-22-16)20-6-5-11-2-1-7-24-11/h1-4,7-9H,5-6,19H2,(H2,20,21,22,23). The highest BCUT2D eigenvalue weighted by molar-refractivity contribution is 9.10. The Morgan fingerprint density at radius 3 is 2.79 bits per heavy atom. The van der Waals surface area contributed by atoms with Crippen molar-refractivity contribution >= 4 is 50.3 Å². The molecule has 3 aromatic rings. The molecule has 1 aromatic carbocycles. The van der Waals surface area contributed by atoms with Crippen molar-refractivity contribution in [2.45, 2.75) is 6.42 Å². The van der Waals surface area contributed by atoms with Gasteiger partial charge < -0.3 is 16.4 Å². The van der Waals surface area contributed by atoms with Crippen molar-refractivity contribution in [3.8, 4) is 0 Å². The Hall–Kier alpha value is -2.19. The molecule has 4 N–H and O–H groups in total. The Morgan fingerprint density at radius 2 is 2.04 bits per heavy atom. The molecule has 3 rings (SSSR count). The van der Waals surface area contributed by atoms with Crippen molar-refractivity contribution < 1.29 is 4.39 Å². The van der Waals surface area contributed by atoms with Gasteiger partial charge in [-0.3, -0.25) is 0 Å². The van der Waals surface area contributed by atoms with Crippen LogP contribution in [0.2, 0.25) is 0 Å². The molecule has 8 heteroatoms. The van der Waals surface area contributed by atoms with E-state index in [1.165, 1.54) is 17.3 Å². The van der Waals surface area contributed by atoms with Gasteiger partial charge in [-0.1, -0.05) is 22.0 Å². The minimum atomic E-state index is -0.394. The van der Waals surface area contributed by atoms with Gasteiger partial charge in [0.25, 0.3) is 0 Å². The largest absolute Gasteiger partial charge is 0.393 e. The molecule has 0 aliphatic carbocycles. The predicted molar refractivity (Wildman–Crippen MR) is 100 cm³/mol.